The van der Waals surface area contributed by atoms with Crippen molar-refractivity contribution in [3.8, 4) is 11.3 Å². The highest BCUT2D eigenvalue weighted by atomic mass is 35.5. The van der Waals surface area contributed by atoms with Crippen LogP contribution >= 0.6 is 11.6 Å². The van der Waals surface area contributed by atoms with Gasteiger partial charge in [-0.3, -0.25) is 4.98 Å². The minimum atomic E-state index is -3.92. The fraction of sp³-hybridized carbons (Fsp3) is 0.118. The van der Waals surface area contributed by atoms with E-state index in [1.165, 1.54) is 43.6 Å². The van der Waals surface area contributed by atoms with Crippen LogP contribution in [0, 0.1) is 0 Å². The largest absolute Gasteiger partial charge is 0.477 e. The summed E-state index contributed by atoms with van der Waals surface area (Å²) in [4.78, 5) is 15.7. The zero-order valence-electron chi connectivity index (χ0n) is 14.0. The highest BCUT2D eigenvalue weighted by Crippen LogP contribution is 2.29. The standard InChI is InChI=1S/C17H14ClN3O5S/c1-10(21-27(24,25)13-6-4-12(18)5-7-13)16-14(17(22)23)15(20-26-16)11-3-2-8-19-9-11/h2-10,21H,1H3,(H,22,23)/t10-/m1/s1. The fourth-order valence-electron chi connectivity index (χ4n) is 2.47. The summed E-state index contributed by atoms with van der Waals surface area (Å²) in [6, 6.07) is 7.85. The lowest BCUT2D eigenvalue weighted by Crippen LogP contribution is -2.27. The van der Waals surface area contributed by atoms with E-state index in [-0.39, 0.29) is 21.9 Å². The van der Waals surface area contributed by atoms with Crippen molar-refractivity contribution in [2.45, 2.75) is 17.9 Å². The lowest BCUT2D eigenvalue weighted by Gasteiger charge is -2.12. The zero-order valence-corrected chi connectivity index (χ0v) is 15.5. The normalized spacial score (nSPS) is 12.7. The van der Waals surface area contributed by atoms with Gasteiger partial charge in [-0.05, 0) is 43.3 Å². The number of carbonyl (C=O) groups is 1. The molecule has 3 rings (SSSR count). The second-order valence-corrected chi connectivity index (χ2v) is 7.76. The van der Waals surface area contributed by atoms with Crippen LogP contribution in [0.5, 0.6) is 0 Å². The number of benzene rings is 1. The molecule has 2 heterocycles. The zero-order chi connectivity index (χ0) is 19.6. The molecule has 0 bridgehead atoms. The van der Waals surface area contributed by atoms with Crippen molar-refractivity contribution in [3.63, 3.8) is 0 Å². The van der Waals surface area contributed by atoms with E-state index in [9.17, 15) is 18.3 Å². The molecule has 2 aromatic heterocycles. The third kappa shape index (κ3) is 4.00. The number of pyridine rings is 1. The van der Waals surface area contributed by atoms with Gasteiger partial charge in [-0.25, -0.2) is 17.9 Å². The third-order valence-electron chi connectivity index (χ3n) is 3.72. The molecule has 0 aliphatic carbocycles. The van der Waals surface area contributed by atoms with Crippen LogP contribution < -0.4 is 4.72 Å². The van der Waals surface area contributed by atoms with E-state index in [0.717, 1.165) is 0 Å². The first-order valence-corrected chi connectivity index (χ1v) is 9.57. The summed E-state index contributed by atoms with van der Waals surface area (Å²) in [6.07, 6.45) is 2.98. The number of carboxylic acids is 1. The fourth-order valence-corrected chi connectivity index (χ4v) is 3.80. The first kappa shape index (κ1) is 19.0. The number of carboxylic acid groups (broad SMARTS) is 1. The number of rotatable bonds is 6. The summed E-state index contributed by atoms with van der Waals surface area (Å²) in [6.45, 7) is 1.47. The molecule has 0 aliphatic rings. The summed E-state index contributed by atoms with van der Waals surface area (Å²) < 4.78 is 32.6. The van der Waals surface area contributed by atoms with E-state index >= 15 is 0 Å². The average Bonchev–Trinajstić information content (AvgIpc) is 3.08. The van der Waals surface area contributed by atoms with E-state index in [4.69, 9.17) is 16.1 Å². The third-order valence-corrected chi connectivity index (χ3v) is 5.53. The molecule has 0 saturated heterocycles. The molecule has 8 nitrogen and oxygen atoms in total. The Kier molecular flexibility index (Phi) is 5.26. The number of nitrogens with one attached hydrogen (secondary N) is 1. The number of aromatic nitrogens is 2. The summed E-state index contributed by atoms with van der Waals surface area (Å²) in [5.74, 6) is -1.40. The van der Waals surface area contributed by atoms with E-state index < -0.39 is 22.0 Å². The van der Waals surface area contributed by atoms with Gasteiger partial charge in [-0.1, -0.05) is 16.8 Å². The number of sulfonamides is 1. The Hall–Kier alpha value is -2.75. The van der Waals surface area contributed by atoms with Gasteiger partial charge in [0.05, 0.1) is 10.9 Å². The van der Waals surface area contributed by atoms with Crippen molar-refractivity contribution >= 4 is 27.6 Å². The first-order chi connectivity index (χ1) is 12.8. The first-order valence-electron chi connectivity index (χ1n) is 7.71. The van der Waals surface area contributed by atoms with Gasteiger partial charge in [0.1, 0.15) is 11.3 Å². The molecule has 27 heavy (non-hydrogen) atoms. The molecule has 1 aromatic carbocycles. The Morgan fingerprint density at radius 3 is 2.56 bits per heavy atom. The second kappa shape index (κ2) is 7.47. The predicted octanol–water partition coefficient (Wildman–Crippen LogP) is 3.13. The number of hydrogen-bond donors (Lipinski definition) is 2. The molecule has 0 radical (unpaired) electrons. The average molecular weight is 408 g/mol. The molecule has 0 aliphatic heterocycles. The van der Waals surface area contributed by atoms with Crippen LogP contribution in [0.25, 0.3) is 11.3 Å². The maximum Gasteiger partial charge on any atom is 0.341 e. The van der Waals surface area contributed by atoms with Gasteiger partial charge in [-0.15, -0.1) is 0 Å². The van der Waals surface area contributed by atoms with Crippen LogP contribution in [-0.2, 0) is 10.0 Å². The van der Waals surface area contributed by atoms with Crippen LogP contribution in [0.2, 0.25) is 5.02 Å². The van der Waals surface area contributed by atoms with E-state index in [1.807, 2.05) is 0 Å². The van der Waals surface area contributed by atoms with E-state index in [0.29, 0.717) is 10.6 Å². The second-order valence-electron chi connectivity index (χ2n) is 5.61. The van der Waals surface area contributed by atoms with Crippen LogP contribution in [0.1, 0.15) is 29.1 Å². The molecule has 0 saturated carbocycles. The maximum absolute atomic E-state index is 12.5. The van der Waals surface area contributed by atoms with Crippen molar-refractivity contribution in [2.24, 2.45) is 0 Å². The van der Waals surface area contributed by atoms with Crippen molar-refractivity contribution in [2.75, 3.05) is 0 Å². The summed E-state index contributed by atoms with van der Waals surface area (Å²) >= 11 is 5.77. The molecule has 10 heteroatoms. The molecule has 0 unspecified atom stereocenters. The molecule has 0 amide bonds. The van der Waals surface area contributed by atoms with Gasteiger partial charge < -0.3 is 9.63 Å². The van der Waals surface area contributed by atoms with Gasteiger partial charge in [0.2, 0.25) is 10.0 Å². The molecular weight excluding hydrogens is 394 g/mol. The molecule has 3 aromatic rings. The van der Waals surface area contributed by atoms with Crippen LogP contribution in [0.15, 0.2) is 58.2 Å². The topological polar surface area (TPSA) is 122 Å². The van der Waals surface area contributed by atoms with Crippen molar-refractivity contribution in [3.05, 3.63) is 65.1 Å². The Balaban J connectivity index is 1.95. The number of hydrogen-bond acceptors (Lipinski definition) is 6. The van der Waals surface area contributed by atoms with Gasteiger partial charge in [-0.2, -0.15) is 0 Å². The lowest BCUT2D eigenvalue weighted by atomic mass is 10.1. The Morgan fingerprint density at radius 1 is 1.26 bits per heavy atom. The van der Waals surface area contributed by atoms with E-state index in [1.54, 1.807) is 12.1 Å². The molecule has 1 atom stereocenters. The van der Waals surface area contributed by atoms with Gasteiger partial charge in [0, 0.05) is 23.0 Å². The van der Waals surface area contributed by atoms with Crippen molar-refractivity contribution in [1.29, 1.82) is 0 Å². The van der Waals surface area contributed by atoms with Gasteiger partial charge in [0.15, 0.2) is 5.76 Å². The number of nitrogens with zero attached hydrogens (tertiary/aromatic N) is 2. The molecule has 0 fully saturated rings. The molecule has 2 N–H and O–H groups in total. The van der Waals surface area contributed by atoms with Crippen LogP contribution in [-0.4, -0.2) is 29.6 Å². The van der Waals surface area contributed by atoms with Crippen molar-refractivity contribution in [1.82, 2.24) is 14.9 Å². The Morgan fingerprint density at radius 2 is 1.96 bits per heavy atom. The SMILES string of the molecule is C[C@@H](NS(=O)(=O)c1ccc(Cl)cc1)c1onc(-c2cccnc2)c1C(=O)O. The monoisotopic (exact) mass is 407 g/mol. The summed E-state index contributed by atoms with van der Waals surface area (Å²) in [7, 11) is -3.92. The minimum absolute atomic E-state index is 0.0115. The minimum Gasteiger partial charge on any atom is -0.477 e. The Labute approximate surface area is 159 Å². The highest BCUT2D eigenvalue weighted by molar-refractivity contribution is 7.89. The summed E-state index contributed by atoms with van der Waals surface area (Å²) in [5, 5.41) is 13.8. The van der Waals surface area contributed by atoms with Gasteiger partial charge in [0.25, 0.3) is 0 Å². The molecular formula is C17H14ClN3O5S. The Bertz CT molecular complexity index is 1070. The molecule has 0 spiro atoms. The molecule has 140 valence electrons. The predicted molar refractivity (Wildman–Crippen MR) is 96.9 cm³/mol. The lowest BCUT2D eigenvalue weighted by molar-refractivity contribution is 0.0694. The number of halogens is 1. The van der Waals surface area contributed by atoms with Crippen molar-refractivity contribution < 1.29 is 22.8 Å². The number of aromatic carboxylic acids is 1. The van der Waals surface area contributed by atoms with Crippen LogP contribution in [0.4, 0.5) is 0 Å². The smallest absolute Gasteiger partial charge is 0.341 e. The summed E-state index contributed by atoms with van der Waals surface area (Å²) in [5.41, 5.74) is 0.287. The van der Waals surface area contributed by atoms with Gasteiger partial charge >= 0.3 is 5.97 Å². The van der Waals surface area contributed by atoms with E-state index in [2.05, 4.69) is 14.9 Å². The van der Waals surface area contributed by atoms with Crippen LogP contribution in [0.3, 0.4) is 0 Å². The maximum atomic E-state index is 12.5. The highest BCUT2D eigenvalue weighted by Gasteiger charge is 2.30. The quantitative estimate of drug-likeness (QED) is 0.643.